The molecule has 0 bridgehead atoms. The largest absolute Gasteiger partial charge is 0.412 e. The number of carbonyl (C=O) groups is 1. The molecule has 0 spiro atoms. The Morgan fingerprint density at radius 2 is 1.87 bits per heavy atom. The van der Waals surface area contributed by atoms with Gasteiger partial charge in [0.2, 0.25) is 0 Å². The van der Waals surface area contributed by atoms with Gasteiger partial charge in [0.25, 0.3) is 5.89 Å². The molecule has 1 N–H and O–H groups in total. The molecule has 1 amide bonds. The number of aromatic nitrogens is 2. The first kappa shape index (κ1) is 14.9. The molecule has 0 fully saturated rings. The maximum absolute atomic E-state index is 13.7. The second-order valence-corrected chi connectivity index (χ2v) is 5.09. The van der Waals surface area contributed by atoms with Crippen LogP contribution in [0, 0.1) is 19.7 Å². The Kier molecular flexibility index (Phi) is 3.89. The summed E-state index contributed by atoms with van der Waals surface area (Å²) in [5, 5.41) is 10.1. The van der Waals surface area contributed by atoms with Crippen molar-refractivity contribution < 1.29 is 13.6 Å². The summed E-state index contributed by atoms with van der Waals surface area (Å²) < 4.78 is 19.0. The van der Waals surface area contributed by atoms with Gasteiger partial charge < -0.3 is 9.73 Å². The fraction of sp³-hybridized carbons (Fsp3) is 0.118. The van der Waals surface area contributed by atoms with Gasteiger partial charge in [0, 0.05) is 5.69 Å². The van der Waals surface area contributed by atoms with Crippen molar-refractivity contribution in [3.05, 3.63) is 65.3 Å². The van der Waals surface area contributed by atoms with Crippen LogP contribution in [0.2, 0.25) is 0 Å². The monoisotopic (exact) mass is 311 g/mol. The number of amides is 1. The quantitative estimate of drug-likeness (QED) is 0.800. The van der Waals surface area contributed by atoms with Crippen molar-refractivity contribution in [2.45, 2.75) is 13.8 Å². The Hall–Kier alpha value is -3.02. The van der Waals surface area contributed by atoms with E-state index in [1.54, 1.807) is 18.2 Å². The molecule has 2 aromatic carbocycles. The summed E-state index contributed by atoms with van der Waals surface area (Å²) in [6.07, 6.45) is 0. The van der Waals surface area contributed by atoms with Crippen molar-refractivity contribution >= 4 is 11.6 Å². The average Bonchev–Trinajstić information content (AvgIpc) is 3.02. The highest BCUT2D eigenvalue weighted by Gasteiger charge is 2.18. The van der Waals surface area contributed by atoms with Crippen LogP contribution in [0.3, 0.4) is 0 Å². The van der Waals surface area contributed by atoms with E-state index in [1.165, 1.54) is 12.1 Å². The maximum Gasteiger partial charge on any atom is 0.313 e. The molecular weight excluding hydrogens is 297 g/mol. The van der Waals surface area contributed by atoms with Crippen LogP contribution in [0.5, 0.6) is 0 Å². The number of halogens is 1. The Morgan fingerprint density at radius 1 is 1.09 bits per heavy atom. The summed E-state index contributed by atoms with van der Waals surface area (Å²) in [5.41, 5.74) is 2.83. The number of nitrogens with one attached hydrogen (secondary N) is 1. The number of hydrogen-bond donors (Lipinski definition) is 1. The fourth-order valence-corrected chi connectivity index (χ4v) is 2.12. The summed E-state index contributed by atoms with van der Waals surface area (Å²) in [5.74, 6) is -1.27. The Balaban J connectivity index is 1.84. The van der Waals surface area contributed by atoms with E-state index in [2.05, 4.69) is 15.5 Å². The van der Waals surface area contributed by atoms with Crippen molar-refractivity contribution in [2.24, 2.45) is 0 Å². The van der Waals surface area contributed by atoms with Gasteiger partial charge >= 0.3 is 11.8 Å². The topological polar surface area (TPSA) is 68.0 Å². The number of hydrogen-bond acceptors (Lipinski definition) is 4. The van der Waals surface area contributed by atoms with E-state index in [0.717, 1.165) is 11.1 Å². The van der Waals surface area contributed by atoms with E-state index in [1.807, 2.05) is 26.0 Å². The van der Waals surface area contributed by atoms with Gasteiger partial charge in [-0.05, 0) is 43.2 Å². The minimum absolute atomic E-state index is 0.0331. The number of nitrogens with zero attached hydrogens (tertiary/aromatic N) is 2. The molecule has 5 nitrogen and oxygen atoms in total. The molecule has 0 aliphatic rings. The molecule has 1 aromatic heterocycles. The molecular formula is C17H14FN3O2. The van der Waals surface area contributed by atoms with Gasteiger partial charge in [-0.1, -0.05) is 24.3 Å². The standard InChI is InChI=1S/C17H14FN3O2/c1-10-6-5-9-14(11(10)2)19-15(22)17-21-20-16(23-17)12-7-3-4-8-13(12)18/h3-9H,1-2H3,(H,19,22). The van der Waals surface area contributed by atoms with Crippen molar-refractivity contribution in [1.82, 2.24) is 10.2 Å². The second kappa shape index (κ2) is 6.00. The predicted molar refractivity (Wildman–Crippen MR) is 83.6 cm³/mol. The van der Waals surface area contributed by atoms with Crippen molar-refractivity contribution in [3.8, 4) is 11.5 Å². The second-order valence-electron chi connectivity index (χ2n) is 5.09. The minimum Gasteiger partial charge on any atom is -0.412 e. The van der Waals surface area contributed by atoms with Crippen LogP contribution in [0.15, 0.2) is 46.9 Å². The van der Waals surface area contributed by atoms with Gasteiger partial charge in [0.05, 0.1) is 5.56 Å². The van der Waals surface area contributed by atoms with Gasteiger partial charge in [-0.2, -0.15) is 0 Å². The van der Waals surface area contributed by atoms with Gasteiger partial charge in [0.1, 0.15) is 5.82 Å². The van der Waals surface area contributed by atoms with Crippen molar-refractivity contribution in [1.29, 1.82) is 0 Å². The number of anilines is 1. The van der Waals surface area contributed by atoms with Gasteiger partial charge in [-0.15, -0.1) is 10.2 Å². The van der Waals surface area contributed by atoms with Gasteiger partial charge in [-0.3, -0.25) is 4.79 Å². The third-order valence-corrected chi connectivity index (χ3v) is 3.58. The van der Waals surface area contributed by atoms with Crippen LogP contribution in [-0.4, -0.2) is 16.1 Å². The molecule has 0 aliphatic carbocycles. The maximum atomic E-state index is 13.7. The Labute approximate surface area is 132 Å². The highest BCUT2D eigenvalue weighted by molar-refractivity contribution is 6.01. The summed E-state index contributed by atoms with van der Waals surface area (Å²) >= 11 is 0. The molecule has 0 radical (unpaired) electrons. The number of rotatable bonds is 3. The number of benzene rings is 2. The smallest absolute Gasteiger partial charge is 0.313 e. The molecule has 23 heavy (non-hydrogen) atoms. The molecule has 1 heterocycles. The average molecular weight is 311 g/mol. The highest BCUT2D eigenvalue weighted by atomic mass is 19.1. The molecule has 0 saturated carbocycles. The summed E-state index contributed by atoms with van der Waals surface area (Å²) in [6, 6.07) is 11.6. The lowest BCUT2D eigenvalue weighted by atomic mass is 10.1. The first-order valence-corrected chi connectivity index (χ1v) is 7.02. The van der Waals surface area contributed by atoms with E-state index in [0.29, 0.717) is 5.69 Å². The van der Waals surface area contributed by atoms with E-state index >= 15 is 0 Å². The number of aryl methyl sites for hydroxylation is 1. The van der Waals surface area contributed by atoms with E-state index in [-0.39, 0.29) is 17.3 Å². The third kappa shape index (κ3) is 2.96. The Bertz CT molecular complexity index is 874. The van der Waals surface area contributed by atoms with E-state index < -0.39 is 11.7 Å². The Morgan fingerprint density at radius 3 is 2.65 bits per heavy atom. The molecule has 0 saturated heterocycles. The van der Waals surface area contributed by atoms with Crippen molar-refractivity contribution in [2.75, 3.05) is 5.32 Å². The zero-order valence-corrected chi connectivity index (χ0v) is 12.6. The van der Waals surface area contributed by atoms with Gasteiger partial charge in [0.15, 0.2) is 0 Å². The predicted octanol–water partition coefficient (Wildman–Crippen LogP) is 3.74. The van der Waals surface area contributed by atoms with Crippen LogP contribution >= 0.6 is 0 Å². The first-order valence-electron chi connectivity index (χ1n) is 7.02. The molecule has 0 atom stereocenters. The molecule has 6 heteroatoms. The minimum atomic E-state index is -0.534. The molecule has 3 aromatic rings. The van der Waals surface area contributed by atoms with Crippen molar-refractivity contribution in [3.63, 3.8) is 0 Å². The van der Waals surface area contributed by atoms with Crippen LogP contribution in [0.1, 0.15) is 21.8 Å². The van der Waals surface area contributed by atoms with Crippen LogP contribution in [0.25, 0.3) is 11.5 Å². The summed E-state index contributed by atoms with van der Waals surface area (Å²) in [4.78, 5) is 12.2. The van der Waals surface area contributed by atoms with Gasteiger partial charge in [-0.25, -0.2) is 4.39 Å². The lowest BCUT2D eigenvalue weighted by molar-refractivity contribution is 0.0990. The molecule has 0 aliphatic heterocycles. The SMILES string of the molecule is Cc1cccc(NC(=O)c2nnc(-c3ccccc3F)o2)c1C. The first-order chi connectivity index (χ1) is 11.1. The molecule has 3 rings (SSSR count). The highest BCUT2D eigenvalue weighted by Crippen LogP contribution is 2.22. The normalized spacial score (nSPS) is 10.6. The van der Waals surface area contributed by atoms with Crippen LogP contribution < -0.4 is 5.32 Å². The zero-order chi connectivity index (χ0) is 16.4. The van der Waals surface area contributed by atoms with Crippen LogP contribution in [-0.2, 0) is 0 Å². The summed E-state index contributed by atoms with van der Waals surface area (Å²) in [7, 11) is 0. The lowest BCUT2D eigenvalue weighted by Crippen LogP contribution is -2.13. The number of carbonyl (C=O) groups excluding carboxylic acids is 1. The summed E-state index contributed by atoms with van der Waals surface area (Å²) in [6.45, 7) is 3.86. The van der Waals surface area contributed by atoms with E-state index in [4.69, 9.17) is 4.42 Å². The molecule has 0 unspecified atom stereocenters. The molecule has 116 valence electrons. The lowest BCUT2D eigenvalue weighted by Gasteiger charge is -2.08. The third-order valence-electron chi connectivity index (χ3n) is 3.58. The van der Waals surface area contributed by atoms with Crippen LogP contribution in [0.4, 0.5) is 10.1 Å². The van der Waals surface area contributed by atoms with E-state index in [9.17, 15) is 9.18 Å². The fourth-order valence-electron chi connectivity index (χ4n) is 2.12. The zero-order valence-electron chi connectivity index (χ0n) is 12.6.